The average molecular weight is 471 g/mol. The predicted octanol–water partition coefficient (Wildman–Crippen LogP) is 5.93. The summed E-state index contributed by atoms with van der Waals surface area (Å²) in [4.78, 5) is 18.6. The first-order valence-electron chi connectivity index (χ1n) is 9.83. The van der Waals surface area contributed by atoms with Gasteiger partial charge in [-0.2, -0.15) is 0 Å². The number of halogens is 1. The van der Waals surface area contributed by atoms with Gasteiger partial charge in [-0.25, -0.2) is 4.85 Å². The second kappa shape index (κ2) is 8.41. The third kappa shape index (κ3) is 3.84. The number of carbonyl (C=O) groups excluding carboxylic acids is 1. The SMILES string of the molecule is [C-]#[N+]c1ccc(OC2C(C)(C)C(N(COC)C(=O)c3ccccc3)C2(C)C)cc1Br. The van der Waals surface area contributed by atoms with Gasteiger partial charge in [0.1, 0.15) is 18.6 Å². The van der Waals surface area contributed by atoms with Crippen molar-refractivity contribution in [1.29, 1.82) is 0 Å². The molecule has 158 valence electrons. The van der Waals surface area contributed by atoms with Crippen molar-refractivity contribution in [3.05, 3.63) is 70.0 Å². The number of nitrogens with zero attached hydrogens (tertiary/aromatic N) is 2. The zero-order chi connectivity index (χ0) is 22.1. The van der Waals surface area contributed by atoms with Crippen LogP contribution in [0.2, 0.25) is 0 Å². The molecule has 5 nitrogen and oxygen atoms in total. The van der Waals surface area contributed by atoms with E-state index in [4.69, 9.17) is 16.0 Å². The first-order valence-corrected chi connectivity index (χ1v) is 10.6. The number of hydrogen-bond donors (Lipinski definition) is 0. The highest BCUT2D eigenvalue weighted by Gasteiger charge is 2.66. The van der Waals surface area contributed by atoms with Gasteiger partial charge in [0, 0.05) is 28.0 Å². The van der Waals surface area contributed by atoms with Crippen LogP contribution in [0.25, 0.3) is 4.85 Å². The minimum atomic E-state index is -0.308. The van der Waals surface area contributed by atoms with E-state index in [0.29, 0.717) is 21.5 Å². The van der Waals surface area contributed by atoms with Crippen LogP contribution >= 0.6 is 15.9 Å². The summed E-state index contributed by atoms with van der Waals surface area (Å²) in [6.45, 7) is 15.9. The van der Waals surface area contributed by atoms with Crippen LogP contribution in [0.3, 0.4) is 0 Å². The molecular weight excluding hydrogens is 444 g/mol. The fraction of sp³-hybridized carbons (Fsp3) is 0.417. The summed E-state index contributed by atoms with van der Waals surface area (Å²) in [5, 5.41) is 0. The van der Waals surface area contributed by atoms with Crippen LogP contribution in [-0.2, 0) is 4.74 Å². The summed E-state index contributed by atoms with van der Waals surface area (Å²) in [7, 11) is 1.61. The van der Waals surface area contributed by atoms with E-state index < -0.39 is 0 Å². The topological polar surface area (TPSA) is 43.1 Å². The Morgan fingerprint density at radius 1 is 1.13 bits per heavy atom. The number of ether oxygens (including phenoxy) is 2. The standard InChI is InChI=1S/C24H27BrN2O3/c1-23(2)21(27(15-29-6)20(28)16-10-8-7-9-11-16)24(3,4)22(23)30-17-12-13-19(26-5)18(25)14-17/h7-14,21-22H,15H2,1-4,6H3. The Hall–Kier alpha value is -2.36. The molecule has 1 amide bonds. The van der Waals surface area contributed by atoms with Gasteiger partial charge in [-0.05, 0) is 24.3 Å². The van der Waals surface area contributed by atoms with E-state index in [1.165, 1.54) is 0 Å². The van der Waals surface area contributed by atoms with Crippen molar-refractivity contribution in [1.82, 2.24) is 4.90 Å². The molecule has 2 aromatic carbocycles. The summed E-state index contributed by atoms with van der Waals surface area (Å²) < 4.78 is 12.5. The lowest BCUT2D eigenvalue weighted by Crippen LogP contribution is -2.75. The second-order valence-corrected chi connectivity index (χ2v) is 9.68. The van der Waals surface area contributed by atoms with Crippen LogP contribution < -0.4 is 4.74 Å². The van der Waals surface area contributed by atoms with E-state index in [2.05, 4.69) is 48.5 Å². The molecule has 1 aliphatic carbocycles. The maximum absolute atomic E-state index is 13.3. The minimum Gasteiger partial charge on any atom is -0.489 e. The number of rotatable bonds is 6. The zero-order valence-electron chi connectivity index (χ0n) is 18.0. The Morgan fingerprint density at radius 2 is 1.77 bits per heavy atom. The smallest absolute Gasteiger partial charge is 0.255 e. The summed E-state index contributed by atoms with van der Waals surface area (Å²) >= 11 is 3.43. The maximum atomic E-state index is 13.3. The number of hydrogen-bond acceptors (Lipinski definition) is 3. The number of amides is 1. The van der Waals surface area contributed by atoms with Crippen molar-refractivity contribution in [2.45, 2.75) is 39.8 Å². The highest BCUT2D eigenvalue weighted by molar-refractivity contribution is 9.10. The Balaban J connectivity index is 1.88. The lowest BCUT2D eigenvalue weighted by molar-refractivity contribution is -0.209. The maximum Gasteiger partial charge on any atom is 0.255 e. The zero-order valence-corrected chi connectivity index (χ0v) is 19.6. The molecule has 1 aliphatic rings. The van der Waals surface area contributed by atoms with Crippen molar-refractivity contribution in [2.75, 3.05) is 13.8 Å². The van der Waals surface area contributed by atoms with Gasteiger partial charge in [0.25, 0.3) is 5.91 Å². The van der Waals surface area contributed by atoms with Gasteiger partial charge in [-0.3, -0.25) is 4.79 Å². The van der Waals surface area contributed by atoms with Crippen LogP contribution in [0.5, 0.6) is 5.75 Å². The highest BCUT2D eigenvalue weighted by atomic mass is 79.9. The molecule has 0 aromatic heterocycles. The molecular formula is C24H27BrN2O3. The first-order chi connectivity index (χ1) is 14.1. The van der Waals surface area contributed by atoms with Crippen LogP contribution in [0.15, 0.2) is 53.0 Å². The summed E-state index contributed by atoms with van der Waals surface area (Å²) in [6, 6.07) is 14.6. The van der Waals surface area contributed by atoms with E-state index in [0.717, 1.165) is 0 Å². The van der Waals surface area contributed by atoms with Crippen molar-refractivity contribution >= 4 is 27.5 Å². The summed E-state index contributed by atoms with van der Waals surface area (Å²) in [5.41, 5.74) is 0.575. The van der Waals surface area contributed by atoms with E-state index in [1.54, 1.807) is 13.2 Å². The number of methoxy groups -OCH3 is 1. The Kier molecular flexibility index (Phi) is 6.26. The molecule has 0 aliphatic heterocycles. The molecule has 0 spiro atoms. The quantitative estimate of drug-likeness (QED) is 0.388. The molecule has 30 heavy (non-hydrogen) atoms. The first kappa shape index (κ1) is 22.3. The van der Waals surface area contributed by atoms with Crippen LogP contribution in [0.4, 0.5) is 5.69 Å². The molecule has 0 bridgehead atoms. The van der Waals surface area contributed by atoms with E-state index in [9.17, 15) is 4.79 Å². The summed E-state index contributed by atoms with van der Waals surface area (Å²) in [5.74, 6) is 0.651. The average Bonchev–Trinajstić information content (AvgIpc) is 2.71. The molecule has 1 fully saturated rings. The molecule has 0 atom stereocenters. The Morgan fingerprint density at radius 3 is 2.30 bits per heavy atom. The van der Waals surface area contributed by atoms with Crippen LogP contribution in [0, 0.1) is 17.4 Å². The van der Waals surface area contributed by atoms with Crippen molar-refractivity contribution in [3.8, 4) is 5.75 Å². The molecule has 2 aromatic rings. The molecule has 0 N–H and O–H groups in total. The molecule has 1 saturated carbocycles. The lowest BCUT2D eigenvalue weighted by Gasteiger charge is -2.65. The molecule has 0 unspecified atom stereocenters. The molecule has 0 saturated heterocycles. The van der Waals surface area contributed by atoms with Crippen molar-refractivity contribution < 1.29 is 14.3 Å². The van der Waals surface area contributed by atoms with E-state index in [1.807, 2.05) is 47.4 Å². The molecule has 0 radical (unpaired) electrons. The third-order valence-corrected chi connectivity index (χ3v) is 6.55. The van der Waals surface area contributed by atoms with Gasteiger partial charge in [-0.1, -0.05) is 67.9 Å². The number of carbonyl (C=O) groups is 1. The van der Waals surface area contributed by atoms with E-state index >= 15 is 0 Å². The minimum absolute atomic E-state index is 0.0498. The lowest BCUT2D eigenvalue weighted by atomic mass is 9.49. The van der Waals surface area contributed by atoms with Gasteiger partial charge < -0.3 is 14.4 Å². The molecule has 6 heteroatoms. The number of benzene rings is 2. The van der Waals surface area contributed by atoms with E-state index in [-0.39, 0.29) is 35.6 Å². The molecule has 0 heterocycles. The Bertz CT molecular complexity index is 950. The summed E-state index contributed by atoms with van der Waals surface area (Å²) in [6.07, 6.45) is -0.122. The fourth-order valence-corrected chi connectivity index (χ4v) is 5.59. The van der Waals surface area contributed by atoms with Crippen molar-refractivity contribution in [3.63, 3.8) is 0 Å². The second-order valence-electron chi connectivity index (χ2n) is 8.83. The van der Waals surface area contributed by atoms with Crippen LogP contribution in [0.1, 0.15) is 38.1 Å². The highest BCUT2D eigenvalue weighted by Crippen LogP contribution is 2.58. The largest absolute Gasteiger partial charge is 0.489 e. The van der Waals surface area contributed by atoms with Crippen LogP contribution in [-0.4, -0.2) is 36.8 Å². The van der Waals surface area contributed by atoms with Gasteiger partial charge in [0.2, 0.25) is 5.69 Å². The Labute approximate surface area is 186 Å². The molecule has 3 rings (SSSR count). The predicted molar refractivity (Wildman–Crippen MR) is 121 cm³/mol. The fourth-order valence-electron chi connectivity index (χ4n) is 5.14. The monoisotopic (exact) mass is 470 g/mol. The van der Waals surface area contributed by atoms with Gasteiger partial charge in [0.15, 0.2) is 0 Å². The normalized spacial score (nSPS) is 21.2. The van der Waals surface area contributed by atoms with Crippen molar-refractivity contribution in [2.24, 2.45) is 10.8 Å². The van der Waals surface area contributed by atoms with Gasteiger partial charge >= 0.3 is 0 Å². The third-order valence-electron chi connectivity index (χ3n) is 5.92. The van der Waals surface area contributed by atoms with Gasteiger partial charge in [-0.15, -0.1) is 0 Å². The van der Waals surface area contributed by atoms with Gasteiger partial charge in [0.05, 0.1) is 12.6 Å².